The first-order valence-electron chi connectivity index (χ1n) is 18.4. The van der Waals surface area contributed by atoms with Crippen molar-refractivity contribution in [2.45, 2.75) is 130 Å². The Morgan fingerprint density at radius 1 is 0.391 bits per heavy atom. The zero-order valence-corrected chi connectivity index (χ0v) is 30.7. The highest BCUT2D eigenvalue weighted by molar-refractivity contribution is 6.96. The van der Waals surface area contributed by atoms with E-state index in [1.54, 1.807) is 55.2 Å². The van der Waals surface area contributed by atoms with Crippen LogP contribution in [0, 0.1) is 0 Å². The molecular weight excluding hydrogens is 550 g/mol. The Morgan fingerprint density at radius 3 is 0.935 bits per heavy atom. The number of hydrogen-bond acceptors (Lipinski definition) is 0. The van der Waals surface area contributed by atoms with Crippen molar-refractivity contribution in [3.63, 3.8) is 0 Å². The van der Waals surface area contributed by atoms with E-state index in [9.17, 15) is 0 Å². The summed E-state index contributed by atoms with van der Waals surface area (Å²) in [4.78, 5) is 0. The highest BCUT2D eigenvalue weighted by atomic mass is 14.4. The molecule has 6 rings (SSSR count). The third-order valence-electron chi connectivity index (χ3n) is 11.5. The number of benzene rings is 4. The van der Waals surface area contributed by atoms with Gasteiger partial charge in [-0.1, -0.05) is 189 Å². The van der Waals surface area contributed by atoms with Crippen molar-refractivity contribution in [2.75, 3.05) is 0 Å². The molecule has 2 heteroatoms. The molecule has 0 saturated heterocycles. The molecule has 238 valence electrons. The monoisotopic (exact) mass is 606 g/mol. The fourth-order valence-corrected chi connectivity index (χ4v) is 9.15. The van der Waals surface area contributed by atoms with Crippen LogP contribution in [-0.4, -0.2) is 13.4 Å². The number of fused-ring (bicyclic) bond motifs is 5. The van der Waals surface area contributed by atoms with Crippen molar-refractivity contribution < 1.29 is 0 Å². The molecule has 2 atom stereocenters. The van der Waals surface area contributed by atoms with Crippen LogP contribution < -0.4 is 21.9 Å². The summed E-state index contributed by atoms with van der Waals surface area (Å²) < 4.78 is 0. The molecule has 0 unspecified atom stereocenters. The molecule has 2 aliphatic rings. The fraction of sp³-hybridized carbons (Fsp3) is 0.455. The van der Waals surface area contributed by atoms with E-state index in [2.05, 4.69) is 156 Å². The summed E-state index contributed by atoms with van der Waals surface area (Å²) in [5.41, 5.74) is 18.7. The highest BCUT2D eigenvalue weighted by Crippen LogP contribution is 2.47. The minimum absolute atomic E-state index is 0.350. The lowest BCUT2D eigenvalue weighted by atomic mass is 9.29. The van der Waals surface area contributed by atoms with Gasteiger partial charge in [-0.15, -0.1) is 0 Å². The van der Waals surface area contributed by atoms with Crippen LogP contribution in [0.25, 0.3) is 0 Å². The summed E-state index contributed by atoms with van der Waals surface area (Å²) in [6, 6.07) is 29.5. The Morgan fingerprint density at radius 2 is 0.674 bits per heavy atom. The van der Waals surface area contributed by atoms with Gasteiger partial charge in [-0.25, -0.2) is 0 Å². The first-order chi connectivity index (χ1) is 21.8. The summed E-state index contributed by atoms with van der Waals surface area (Å²) in [6.45, 7) is 29.4. The van der Waals surface area contributed by atoms with E-state index >= 15 is 0 Å². The van der Waals surface area contributed by atoms with Crippen molar-refractivity contribution >= 4 is 35.3 Å². The SMILES string of the molecule is CC(C)c1cc(C(C)C)c(B2c3ccccc3[C@@H]3B(c4c(C(C)C)cc(C(C)C)cc4C(C)C)c4ccccc4[C@H]23)c(C(C)C)c1. The van der Waals surface area contributed by atoms with Gasteiger partial charge in [0.15, 0.2) is 0 Å². The Labute approximate surface area is 282 Å². The lowest BCUT2D eigenvalue weighted by Gasteiger charge is -2.30. The maximum absolute atomic E-state index is 2.57. The van der Waals surface area contributed by atoms with E-state index in [1.807, 2.05) is 0 Å². The van der Waals surface area contributed by atoms with Gasteiger partial charge in [-0.2, -0.15) is 0 Å². The van der Waals surface area contributed by atoms with Gasteiger partial charge < -0.3 is 0 Å². The van der Waals surface area contributed by atoms with Crippen LogP contribution in [0.2, 0.25) is 0 Å². The third-order valence-corrected chi connectivity index (χ3v) is 11.5. The van der Waals surface area contributed by atoms with Gasteiger partial charge in [0.05, 0.1) is 0 Å². The van der Waals surface area contributed by atoms with Gasteiger partial charge in [-0.3, -0.25) is 0 Å². The van der Waals surface area contributed by atoms with Crippen LogP contribution in [0.3, 0.4) is 0 Å². The Kier molecular flexibility index (Phi) is 8.99. The zero-order valence-electron chi connectivity index (χ0n) is 30.7. The molecular formula is C44H56B2. The maximum Gasteiger partial charge on any atom is 0.217 e. The predicted octanol–water partition coefficient (Wildman–Crippen LogP) is 9.62. The van der Waals surface area contributed by atoms with Crippen molar-refractivity contribution in [1.82, 2.24) is 0 Å². The summed E-state index contributed by atoms with van der Waals surface area (Å²) >= 11 is 0. The van der Waals surface area contributed by atoms with Crippen LogP contribution in [-0.2, 0) is 0 Å². The first-order valence-corrected chi connectivity index (χ1v) is 18.4. The van der Waals surface area contributed by atoms with Gasteiger partial charge in [-0.05, 0) is 80.5 Å². The summed E-state index contributed by atoms with van der Waals surface area (Å²) in [5, 5.41) is 0. The van der Waals surface area contributed by atoms with Crippen LogP contribution in [0.1, 0.15) is 175 Å². The van der Waals surface area contributed by atoms with E-state index in [1.165, 1.54) is 11.1 Å². The minimum Gasteiger partial charge on any atom is -0.0708 e. The molecule has 4 aromatic carbocycles. The molecule has 0 N–H and O–H groups in total. The third kappa shape index (κ3) is 5.33. The highest BCUT2D eigenvalue weighted by Gasteiger charge is 2.56. The van der Waals surface area contributed by atoms with E-state index in [-0.39, 0.29) is 0 Å². The molecule has 0 fully saturated rings. The molecule has 2 heterocycles. The Bertz CT molecular complexity index is 1550. The molecule has 0 aromatic heterocycles. The molecule has 0 nitrogen and oxygen atoms in total. The smallest absolute Gasteiger partial charge is 0.0708 e. The van der Waals surface area contributed by atoms with Crippen LogP contribution >= 0.6 is 0 Å². The molecule has 0 radical (unpaired) electrons. The Balaban J connectivity index is 1.69. The molecule has 46 heavy (non-hydrogen) atoms. The average molecular weight is 607 g/mol. The van der Waals surface area contributed by atoms with Crippen molar-refractivity contribution in [3.8, 4) is 0 Å². The van der Waals surface area contributed by atoms with Gasteiger partial charge in [0.2, 0.25) is 13.4 Å². The van der Waals surface area contributed by atoms with E-state index in [4.69, 9.17) is 0 Å². The first kappa shape index (κ1) is 32.9. The molecule has 0 bridgehead atoms. The predicted molar refractivity (Wildman–Crippen MR) is 206 cm³/mol. The molecule has 2 aliphatic heterocycles. The summed E-state index contributed by atoms with van der Waals surface area (Å²) in [7, 11) is 0. The van der Waals surface area contributed by atoms with Crippen molar-refractivity contribution in [2.24, 2.45) is 0 Å². The largest absolute Gasteiger partial charge is 0.217 e. The normalized spacial score (nSPS) is 17.3. The van der Waals surface area contributed by atoms with Crippen LogP contribution in [0.15, 0.2) is 72.8 Å². The van der Waals surface area contributed by atoms with Crippen molar-refractivity contribution in [1.29, 1.82) is 0 Å². The Hall–Kier alpha value is -2.99. The van der Waals surface area contributed by atoms with E-state index in [0.717, 1.165) is 0 Å². The van der Waals surface area contributed by atoms with Crippen LogP contribution in [0.5, 0.6) is 0 Å². The summed E-state index contributed by atoms with van der Waals surface area (Å²) in [5.74, 6) is 3.74. The second-order valence-electron chi connectivity index (χ2n) is 16.4. The number of rotatable bonds is 8. The topological polar surface area (TPSA) is 0 Å². The van der Waals surface area contributed by atoms with Crippen LogP contribution in [0.4, 0.5) is 0 Å². The summed E-state index contributed by atoms with van der Waals surface area (Å²) in [6.07, 6.45) is 0. The molecule has 0 aliphatic carbocycles. The molecule has 4 aromatic rings. The zero-order chi connectivity index (χ0) is 33.2. The molecule has 0 spiro atoms. The molecule has 0 saturated carbocycles. The standard InChI is InChI=1S/C44H56B2/c1-25(2)31-21-35(27(5)6)41(36(22-31)28(7)8)45-39-19-15-13-17-33(39)44-43(45)34-18-14-16-20-40(34)46(44)42-37(29(9)10)23-32(26(3)4)24-38(42)30(11)12/h13-30,43-44H,1-12H3/t43-,44-/m0/s1. The van der Waals surface area contributed by atoms with E-state index < -0.39 is 0 Å². The van der Waals surface area contributed by atoms with Gasteiger partial charge in [0.25, 0.3) is 0 Å². The quantitative estimate of drug-likeness (QED) is 0.175. The minimum atomic E-state index is 0.350. The van der Waals surface area contributed by atoms with Gasteiger partial charge in [0, 0.05) is 0 Å². The second kappa shape index (κ2) is 12.6. The maximum atomic E-state index is 2.57. The van der Waals surface area contributed by atoms with Gasteiger partial charge >= 0.3 is 0 Å². The fourth-order valence-electron chi connectivity index (χ4n) is 9.15. The number of hydrogen-bond donors (Lipinski definition) is 0. The lowest BCUT2D eigenvalue weighted by molar-refractivity contribution is 0.809. The van der Waals surface area contributed by atoms with Gasteiger partial charge in [0.1, 0.15) is 0 Å². The van der Waals surface area contributed by atoms with E-state index in [0.29, 0.717) is 60.6 Å². The second-order valence-corrected chi connectivity index (χ2v) is 16.4. The molecule has 0 amide bonds. The van der Waals surface area contributed by atoms with Crippen molar-refractivity contribution in [3.05, 3.63) is 117 Å². The lowest BCUT2D eigenvalue weighted by Crippen LogP contribution is -2.48. The average Bonchev–Trinajstić information content (AvgIpc) is 3.52.